The maximum absolute atomic E-state index is 11.6. The number of ether oxygens (including phenoxy) is 1. The van der Waals surface area contributed by atoms with Crippen molar-refractivity contribution in [3.05, 3.63) is 29.8 Å². The number of sulfone groups is 1. The lowest BCUT2D eigenvalue weighted by Gasteiger charge is -2.27. The fraction of sp³-hybridized carbons (Fsp3) is 0.571. The van der Waals surface area contributed by atoms with Crippen molar-refractivity contribution in [2.45, 2.75) is 31.8 Å². The Hall–Kier alpha value is -1.07. The molecule has 1 fully saturated rings. The van der Waals surface area contributed by atoms with E-state index >= 15 is 0 Å². The summed E-state index contributed by atoms with van der Waals surface area (Å²) in [6.07, 6.45) is 1.68. The molecule has 106 valence electrons. The number of nitrogens with one attached hydrogen (secondary N) is 1. The van der Waals surface area contributed by atoms with Gasteiger partial charge in [-0.05, 0) is 37.5 Å². The predicted octanol–water partition coefficient (Wildman–Crippen LogP) is 1.92. The number of rotatable bonds is 4. The molecule has 4 nitrogen and oxygen atoms in total. The van der Waals surface area contributed by atoms with Gasteiger partial charge in [0.1, 0.15) is 5.75 Å². The summed E-state index contributed by atoms with van der Waals surface area (Å²) in [5, 5.41) is 3.41. The molecule has 0 bridgehead atoms. The van der Waals surface area contributed by atoms with Crippen molar-refractivity contribution in [1.82, 2.24) is 5.32 Å². The Morgan fingerprint density at radius 3 is 2.89 bits per heavy atom. The fourth-order valence-electron chi connectivity index (χ4n) is 2.51. The number of hydrogen-bond donors (Lipinski definition) is 1. The minimum absolute atomic E-state index is 0.0555. The third-order valence-electron chi connectivity index (χ3n) is 3.54. The molecule has 0 saturated carbocycles. The van der Waals surface area contributed by atoms with Gasteiger partial charge < -0.3 is 10.1 Å². The molecule has 1 aromatic rings. The van der Waals surface area contributed by atoms with Gasteiger partial charge in [-0.1, -0.05) is 12.1 Å². The van der Waals surface area contributed by atoms with Gasteiger partial charge in [-0.25, -0.2) is 8.42 Å². The maximum Gasteiger partial charge on any atom is 0.151 e. The third-order valence-corrected chi connectivity index (χ3v) is 5.36. The zero-order valence-corrected chi connectivity index (χ0v) is 12.2. The van der Waals surface area contributed by atoms with E-state index in [2.05, 4.69) is 12.2 Å². The van der Waals surface area contributed by atoms with Crippen LogP contribution in [0.5, 0.6) is 5.75 Å². The number of benzene rings is 1. The highest BCUT2D eigenvalue weighted by molar-refractivity contribution is 7.91. The first-order valence-corrected chi connectivity index (χ1v) is 8.43. The molecule has 1 saturated heterocycles. The van der Waals surface area contributed by atoms with Crippen molar-refractivity contribution in [3.63, 3.8) is 0 Å². The van der Waals surface area contributed by atoms with Crippen molar-refractivity contribution < 1.29 is 13.2 Å². The lowest BCUT2D eigenvalue weighted by Crippen LogP contribution is -2.41. The molecule has 0 radical (unpaired) electrons. The Bertz CT molecular complexity index is 527. The highest BCUT2D eigenvalue weighted by Crippen LogP contribution is 2.21. The van der Waals surface area contributed by atoms with E-state index < -0.39 is 9.84 Å². The quantitative estimate of drug-likeness (QED) is 0.917. The molecule has 0 amide bonds. The summed E-state index contributed by atoms with van der Waals surface area (Å²) in [4.78, 5) is 0. The van der Waals surface area contributed by atoms with Crippen LogP contribution >= 0.6 is 0 Å². The molecule has 0 aliphatic carbocycles. The molecule has 19 heavy (non-hydrogen) atoms. The summed E-state index contributed by atoms with van der Waals surface area (Å²) in [5.41, 5.74) is 1.11. The summed E-state index contributed by atoms with van der Waals surface area (Å²) in [6, 6.07) is 8.03. The first-order chi connectivity index (χ1) is 9.00. The van der Waals surface area contributed by atoms with Crippen LogP contribution in [0.2, 0.25) is 0 Å². The molecule has 0 aromatic heterocycles. The van der Waals surface area contributed by atoms with E-state index in [0.717, 1.165) is 24.2 Å². The van der Waals surface area contributed by atoms with E-state index in [9.17, 15) is 8.42 Å². The van der Waals surface area contributed by atoms with E-state index in [4.69, 9.17) is 4.74 Å². The smallest absolute Gasteiger partial charge is 0.151 e. The third kappa shape index (κ3) is 3.94. The molecule has 1 N–H and O–H groups in total. The molecule has 2 atom stereocenters. The Kier molecular flexibility index (Phi) is 4.47. The second-order valence-electron chi connectivity index (χ2n) is 5.12. The van der Waals surface area contributed by atoms with Crippen molar-refractivity contribution in [2.24, 2.45) is 0 Å². The van der Waals surface area contributed by atoms with Crippen molar-refractivity contribution in [3.8, 4) is 5.75 Å². The first-order valence-electron chi connectivity index (χ1n) is 6.60. The molecule has 0 spiro atoms. The number of methoxy groups -OCH3 is 1. The van der Waals surface area contributed by atoms with Gasteiger partial charge >= 0.3 is 0 Å². The van der Waals surface area contributed by atoms with E-state index in [1.807, 2.05) is 24.3 Å². The minimum Gasteiger partial charge on any atom is -0.497 e. The second-order valence-corrected chi connectivity index (χ2v) is 7.35. The summed E-state index contributed by atoms with van der Waals surface area (Å²) >= 11 is 0. The standard InChI is InChI=1S/C14H21NO3S/c1-11(12-5-3-7-14(9-12)18-2)15-13-6-4-8-19(16,17)10-13/h3,5,7,9,11,13,15H,4,6,8,10H2,1-2H3. The maximum atomic E-state index is 11.6. The van der Waals surface area contributed by atoms with E-state index in [-0.39, 0.29) is 17.8 Å². The molecule has 2 unspecified atom stereocenters. The summed E-state index contributed by atoms with van der Waals surface area (Å²) in [7, 11) is -1.22. The molecule has 1 aliphatic rings. The van der Waals surface area contributed by atoms with Crippen molar-refractivity contribution in [2.75, 3.05) is 18.6 Å². The summed E-state index contributed by atoms with van der Waals surface area (Å²) in [6.45, 7) is 2.05. The lowest BCUT2D eigenvalue weighted by atomic mass is 10.1. The van der Waals surface area contributed by atoms with Crippen LogP contribution in [0.25, 0.3) is 0 Å². The van der Waals surface area contributed by atoms with Gasteiger partial charge in [0.2, 0.25) is 0 Å². The lowest BCUT2D eigenvalue weighted by molar-refractivity contribution is 0.410. The van der Waals surface area contributed by atoms with Gasteiger partial charge in [-0.15, -0.1) is 0 Å². The minimum atomic E-state index is -2.86. The van der Waals surface area contributed by atoms with Crippen LogP contribution in [-0.4, -0.2) is 33.1 Å². The van der Waals surface area contributed by atoms with Crippen LogP contribution in [0.1, 0.15) is 31.4 Å². The Morgan fingerprint density at radius 1 is 1.42 bits per heavy atom. The van der Waals surface area contributed by atoms with Gasteiger partial charge in [0.25, 0.3) is 0 Å². The highest BCUT2D eigenvalue weighted by Gasteiger charge is 2.25. The molecular weight excluding hydrogens is 262 g/mol. The first kappa shape index (κ1) is 14.3. The van der Waals surface area contributed by atoms with Gasteiger partial charge in [0.15, 0.2) is 9.84 Å². The fourth-order valence-corrected chi connectivity index (χ4v) is 4.16. The molecule has 2 rings (SSSR count). The predicted molar refractivity (Wildman–Crippen MR) is 76.2 cm³/mol. The van der Waals surface area contributed by atoms with Crippen LogP contribution in [-0.2, 0) is 9.84 Å². The van der Waals surface area contributed by atoms with Crippen LogP contribution < -0.4 is 10.1 Å². The SMILES string of the molecule is COc1cccc(C(C)NC2CCCS(=O)(=O)C2)c1. The van der Waals surface area contributed by atoms with Crippen LogP contribution in [0.4, 0.5) is 0 Å². The van der Waals surface area contributed by atoms with Crippen molar-refractivity contribution >= 4 is 9.84 Å². The molecule has 1 heterocycles. The van der Waals surface area contributed by atoms with Crippen molar-refractivity contribution in [1.29, 1.82) is 0 Å². The Labute approximate surface area is 115 Å². The van der Waals surface area contributed by atoms with Crippen LogP contribution in [0.3, 0.4) is 0 Å². The van der Waals surface area contributed by atoms with Gasteiger partial charge in [-0.2, -0.15) is 0 Å². The van der Waals surface area contributed by atoms with E-state index in [0.29, 0.717) is 5.75 Å². The Morgan fingerprint density at radius 2 is 2.21 bits per heavy atom. The Balaban J connectivity index is 2.02. The van der Waals surface area contributed by atoms with Gasteiger partial charge in [0.05, 0.1) is 18.6 Å². The number of hydrogen-bond acceptors (Lipinski definition) is 4. The van der Waals surface area contributed by atoms with Crippen LogP contribution in [0.15, 0.2) is 24.3 Å². The monoisotopic (exact) mass is 283 g/mol. The average molecular weight is 283 g/mol. The topological polar surface area (TPSA) is 55.4 Å². The van der Waals surface area contributed by atoms with E-state index in [1.54, 1.807) is 7.11 Å². The normalized spacial score (nSPS) is 23.8. The molecule has 5 heteroatoms. The summed E-state index contributed by atoms with van der Waals surface area (Å²) in [5.74, 6) is 1.41. The summed E-state index contributed by atoms with van der Waals surface area (Å²) < 4.78 is 28.4. The highest BCUT2D eigenvalue weighted by atomic mass is 32.2. The van der Waals surface area contributed by atoms with Crippen LogP contribution in [0, 0.1) is 0 Å². The largest absolute Gasteiger partial charge is 0.497 e. The van der Waals surface area contributed by atoms with Gasteiger partial charge in [0, 0.05) is 12.1 Å². The second kappa shape index (κ2) is 5.92. The average Bonchev–Trinajstić information content (AvgIpc) is 2.37. The van der Waals surface area contributed by atoms with E-state index in [1.165, 1.54) is 0 Å². The van der Waals surface area contributed by atoms with Gasteiger partial charge in [-0.3, -0.25) is 0 Å². The molecular formula is C14H21NO3S. The zero-order valence-electron chi connectivity index (χ0n) is 11.4. The molecule has 1 aromatic carbocycles. The molecule has 1 aliphatic heterocycles. The zero-order chi connectivity index (χ0) is 13.9.